The van der Waals surface area contributed by atoms with Gasteiger partial charge in [-0.1, -0.05) is 11.6 Å². The molecule has 1 aromatic heterocycles. The smallest absolute Gasteiger partial charge is 0.313 e. The first-order valence-corrected chi connectivity index (χ1v) is 7.64. The van der Waals surface area contributed by atoms with Crippen LogP contribution in [0.2, 0.25) is 5.02 Å². The van der Waals surface area contributed by atoms with Crippen LogP contribution in [-0.2, 0) is 4.79 Å². The third kappa shape index (κ3) is 1.94. The fraction of sp³-hybridized carbons (Fsp3) is 0.538. The average Bonchev–Trinajstić information content (AvgIpc) is 3.00. The largest absolute Gasteiger partial charge is 0.481 e. The Kier molecular flexibility index (Phi) is 3.27. The van der Waals surface area contributed by atoms with E-state index in [9.17, 15) is 14.7 Å². The molecule has 1 aromatic rings. The van der Waals surface area contributed by atoms with Crippen LogP contribution in [0.5, 0.6) is 0 Å². The van der Waals surface area contributed by atoms with E-state index in [4.69, 9.17) is 11.6 Å². The van der Waals surface area contributed by atoms with Gasteiger partial charge in [0.15, 0.2) is 0 Å². The van der Waals surface area contributed by atoms with Gasteiger partial charge in [0.2, 0.25) is 0 Å². The van der Waals surface area contributed by atoms with Crippen molar-refractivity contribution in [2.24, 2.45) is 11.3 Å². The molecule has 1 amide bonds. The van der Waals surface area contributed by atoms with Crippen molar-refractivity contribution in [1.29, 1.82) is 0 Å². The molecule has 1 N–H and O–H groups in total. The summed E-state index contributed by atoms with van der Waals surface area (Å²) < 4.78 is 0. The number of fused-ring (bicyclic) bond motifs is 1. The fourth-order valence-electron chi connectivity index (χ4n) is 3.36. The highest BCUT2D eigenvalue weighted by Crippen LogP contribution is 2.43. The van der Waals surface area contributed by atoms with Crippen LogP contribution in [0.1, 0.15) is 9.67 Å². The molecular formula is C13H15ClN2O3S. The van der Waals surface area contributed by atoms with Crippen LogP contribution in [0, 0.1) is 11.3 Å². The molecular weight excluding hydrogens is 300 g/mol. The summed E-state index contributed by atoms with van der Waals surface area (Å²) in [7, 11) is 1.92. The Bertz CT molecular complexity index is 576. The van der Waals surface area contributed by atoms with Crippen LogP contribution in [0.15, 0.2) is 11.4 Å². The van der Waals surface area contributed by atoms with Crippen molar-refractivity contribution in [3.05, 3.63) is 21.3 Å². The van der Waals surface area contributed by atoms with E-state index in [2.05, 4.69) is 0 Å². The van der Waals surface area contributed by atoms with Crippen molar-refractivity contribution in [3.8, 4) is 0 Å². The number of amides is 1. The molecule has 0 spiro atoms. The van der Waals surface area contributed by atoms with E-state index < -0.39 is 11.4 Å². The van der Waals surface area contributed by atoms with E-state index in [-0.39, 0.29) is 18.4 Å². The lowest BCUT2D eigenvalue weighted by Crippen LogP contribution is -2.41. The maximum Gasteiger partial charge on any atom is 0.313 e. The molecule has 2 atom stereocenters. The van der Waals surface area contributed by atoms with Crippen LogP contribution in [-0.4, -0.2) is 60.0 Å². The van der Waals surface area contributed by atoms with E-state index >= 15 is 0 Å². The summed E-state index contributed by atoms with van der Waals surface area (Å²) in [6.07, 6.45) is 0. The van der Waals surface area contributed by atoms with Crippen LogP contribution < -0.4 is 0 Å². The van der Waals surface area contributed by atoms with Gasteiger partial charge >= 0.3 is 5.97 Å². The van der Waals surface area contributed by atoms with Gasteiger partial charge in [-0.25, -0.2) is 0 Å². The predicted molar refractivity (Wildman–Crippen MR) is 76.3 cm³/mol. The van der Waals surface area contributed by atoms with Crippen LogP contribution >= 0.6 is 22.9 Å². The molecule has 108 valence electrons. The molecule has 0 unspecified atom stereocenters. The standard InChI is InChI=1S/C13H15ClN2O3S/c1-15-4-8-5-16(7-13(8,6-15)12(18)19)11(17)10-9(14)2-3-20-10/h2-3,8H,4-7H2,1H3,(H,18,19)/t8-,13-/m0/s1. The van der Waals surface area contributed by atoms with E-state index in [1.807, 2.05) is 11.9 Å². The summed E-state index contributed by atoms with van der Waals surface area (Å²) in [6, 6.07) is 1.69. The highest BCUT2D eigenvalue weighted by molar-refractivity contribution is 7.12. The topological polar surface area (TPSA) is 60.9 Å². The Morgan fingerprint density at radius 1 is 1.45 bits per heavy atom. The minimum Gasteiger partial charge on any atom is -0.481 e. The number of carbonyl (C=O) groups excluding carboxylic acids is 1. The van der Waals surface area contributed by atoms with Gasteiger partial charge in [-0.2, -0.15) is 0 Å². The Hall–Kier alpha value is -1.11. The number of carboxylic acids is 1. The first-order valence-electron chi connectivity index (χ1n) is 6.38. The first kappa shape index (κ1) is 13.9. The lowest BCUT2D eigenvalue weighted by Gasteiger charge is -2.24. The normalized spacial score (nSPS) is 29.7. The molecule has 2 saturated heterocycles. The highest BCUT2D eigenvalue weighted by atomic mass is 35.5. The number of thiophene rings is 1. The Morgan fingerprint density at radius 2 is 2.20 bits per heavy atom. The van der Waals surface area contributed by atoms with Gasteiger partial charge in [0.1, 0.15) is 10.3 Å². The maximum atomic E-state index is 12.5. The number of hydrogen-bond acceptors (Lipinski definition) is 4. The predicted octanol–water partition coefficient (Wildman–Crippen LogP) is 1.49. The van der Waals surface area contributed by atoms with E-state index in [0.29, 0.717) is 29.5 Å². The second-order valence-electron chi connectivity index (χ2n) is 5.64. The third-order valence-corrected chi connectivity index (χ3v) is 5.63. The molecule has 0 aromatic carbocycles. The Balaban J connectivity index is 1.85. The lowest BCUT2D eigenvalue weighted by atomic mass is 9.81. The summed E-state index contributed by atoms with van der Waals surface area (Å²) in [5.74, 6) is -0.963. The van der Waals surface area contributed by atoms with Crippen molar-refractivity contribution in [1.82, 2.24) is 9.80 Å². The average molecular weight is 315 g/mol. The molecule has 2 aliphatic heterocycles. The zero-order valence-corrected chi connectivity index (χ0v) is 12.6. The molecule has 3 rings (SSSR count). The lowest BCUT2D eigenvalue weighted by molar-refractivity contribution is -0.148. The van der Waals surface area contributed by atoms with Gasteiger partial charge in [-0.05, 0) is 18.5 Å². The second kappa shape index (κ2) is 4.72. The van der Waals surface area contributed by atoms with Crippen LogP contribution in [0.25, 0.3) is 0 Å². The van der Waals surface area contributed by atoms with Gasteiger partial charge in [0.25, 0.3) is 5.91 Å². The summed E-state index contributed by atoms with van der Waals surface area (Å²) in [5, 5.41) is 11.8. The van der Waals surface area contributed by atoms with Crippen molar-refractivity contribution in [3.63, 3.8) is 0 Å². The number of rotatable bonds is 2. The second-order valence-corrected chi connectivity index (χ2v) is 6.96. The summed E-state index contributed by atoms with van der Waals surface area (Å²) in [6.45, 7) is 1.97. The maximum absolute atomic E-state index is 12.5. The van der Waals surface area contributed by atoms with Crippen LogP contribution in [0.3, 0.4) is 0 Å². The molecule has 2 aliphatic rings. The van der Waals surface area contributed by atoms with Gasteiger partial charge in [0, 0.05) is 32.1 Å². The monoisotopic (exact) mass is 314 g/mol. The van der Waals surface area contributed by atoms with Crippen molar-refractivity contribution in [2.45, 2.75) is 0 Å². The number of hydrogen-bond donors (Lipinski definition) is 1. The van der Waals surface area contributed by atoms with Gasteiger partial charge < -0.3 is 14.9 Å². The Labute approximate surface area is 125 Å². The van der Waals surface area contributed by atoms with E-state index in [1.165, 1.54) is 11.3 Å². The Morgan fingerprint density at radius 3 is 2.75 bits per heavy atom. The molecule has 3 heterocycles. The molecule has 0 saturated carbocycles. The molecule has 20 heavy (non-hydrogen) atoms. The highest BCUT2D eigenvalue weighted by Gasteiger charge is 2.57. The summed E-state index contributed by atoms with van der Waals surface area (Å²) >= 11 is 7.29. The number of nitrogens with zero attached hydrogens (tertiary/aromatic N) is 2. The summed E-state index contributed by atoms with van der Waals surface area (Å²) in [5.41, 5.74) is -0.825. The van der Waals surface area contributed by atoms with Gasteiger partial charge in [-0.3, -0.25) is 9.59 Å². The SMILES string of the molecule is CN1C[C@H]2CN(C(=O)c3sccc3Cl)C[C@@]2(C(=O)O)C1. The van der Waals surface area contributed by atoms with Crippen molar-refractivity contribution >= 4 is 34.8 Å². The number of halogens is 1. The minimum atomic E-state index is -0.825. The zero-order valence-electron chi connectivity index (χ0n) is 11.0. The van der Waals surface area contributed by atoms with Gasteiger partial charge in [-0.15, -0.1) is 11.3 Å². The molecule has 0 bridgehead atoms. The van der Waals surface area contributed by atoms with Crippen molar-refractivity contribution < 1.29 is 14.7 Å². The van der Waals surface area contributed by atoms with E-state index in [0.717, 1.165) is 0 Å². The van der Waals surface area contributed by atoms with Crippen molar-refractivity contribution in [2.75, 3.05) is 33.2 Å². The number of carboxylic acid groups (broad SMARTS) is 1. The van der Waals surface area contributed by atoms with E-state index in [1.54, 1.807) is 16.3 Å². The third-order valence-electron chi connectivity index (χ3n) is 4.30. The number of aliphatic carboxylic acids is 1. The first-order chi connectivity index (χ1) is 9.44. The summed E-state index contributed by atoms with van der Waals surface area (Å²) in [4.78, 5) is 28.3. The molecule has 0 aliphatic carbocycles. The zero-order chi connectivity index (χ0) is 14.5. The van der Waals surface area contributed by atoms with Crippen LogP contribution in [0.4, 0.5) is 0 Å². The molecule has 2 fully saturated rings. The fourth-order valence-corrected chi connectivity index (χ4v) is 4.47. The molecule has 7 heteroatoms. The molecule has 0 radical (unpaired) electrons. The number of carbonyl (C=O) groups is 2. The van der Waals surface area contributed by atoms with Gasteiger partial charge in [0.05, 0.1) is 5.02 Å². The quantitative estimate of drug-likeness (QED) is 0.898. The molecule has 5 nitrogen and oxygen atoms in total. The minimum absolute atomic E-state index is 0.00677. The number of likely N-dealkylation sites (tertiary alicyclic amines) is 2.